The Morgan fingerprint density at radius 2 is 1.83 bits per heavy atom. The van der Waals surface area contributed by atoms with Crippen LogP contribution in [0.25, 0.3) is 27.7 Å². The molecule has 0 bridgehead atoms. The number of aromatic amines is 1. The number of rotatable bonds is 8. The van der Waals surface area contributed by atoms with Gasteiger partial charge in [-0.15, -0.1) is 0 Å². The predicted octanol–water partition coefficient (Wildman–Crippen LogP) is 5.27. The minimum Gasteiger partial charge on any atom is -0.454 e. The molecule has 4 heterocycles. The molecule has 3 aromatic carbocycles. The number of benzene rings is 3. The van der Waals surface area contributed by atoms with E-state index in [0.717, 1.165) is 22.5 Å². The van der Waals surface area contributed by atoms with E-state index in [0.29, 0.717) is 55.5 Å². The van der Waals surface area contributed by atoms with Gasteiger partial charge in [0.05, 0.1) is 36.3 Å². The van der Waals surface area contributed by atoms with Gasteiger partial charge in [-0.25, -0.2) is 13.5 Å². The highest BCUT2D eigenvalue weighted by atomic mass is 19.1. The van der Waals surface area contributed by atoms with Crippen LogP contribution in [-0.2, 0) is 18.3 Å². The molecular formula is C34H29F2N7O4. The number of hydrogen-bond donors (Lipinski definition) is 2. The molecule has 0 radical (unpaired) electrons. The second kappa shape index (κ2) is 12.6. The van der Waals surface area contributed by atoms with E-state index >= 15 is 4.39 Å². The normalized spacial score (nSPS) is 13.6. The molecule has 7 rings (SSSR count). The van der Waals surface area contributed by atoms with Gasteiger partial charge in [0.25, 0.3) is 11.5 Å². The Hall–Kier alpha value is -5.66. The molecule has 1 amide bonds. The van der Waals surface area contributed by atoms with Gasteiger partial charge in [0.15, 0.2) is 11.6 Å². The lowest BCUT2D eigenvalue weighted by Gasteiger charge is -2.27. The molecule has 238 valence electrons. The van der Waals surface area contributed by atoms with Crippen molar-refractivity contribution in [2.75, 3.05) is 31.6 Å². The minimum absolute atomic E-state index is 0.0673. The second-order valence-corrected chi connectivity index (χ2v) is 11.1. The quantitative estimate of drug-likeness (QED) is 0.234. The van der Waals surface area contributed by atoms with Crippen LogP contribution in [0, 0.1) is 11.6 Å². The largest absolute Gasteiger partial charge is 0.454 e. The van der Waals surface area contributed by atoms with E-state index in [1.165, 1.54) is 41.1 Å². The number of ether oxygens (including phenoxy) is 2. The smallest absolute Gasteiger partial charge is 0.284 e. The number of H-pyrrole nitrogens is 1. The lowest BCUT2D eigenvalue weighted by Crippen LogP contribution is -2.37. The molecule has 0 saturated carbocycles. The van der Waals surface area contributed by atoms with Gasteiger partial charge in [-0.1, -0.05) is 6.07 Å². The highest BCUT2D eigenvalue weighted by molar-refractivity contribution is 6.05. The zero-order valence-electron chi connectivity index (χ0n) is 25.2. The summed E-state index contributed by atoms with van der Waals surface area (Å²) in [5.41, 5.74) is 2.53. The van der Waals surface area contributed by atoms with Gasteiger partial charge in [-0.2, -0.15) is 5.10 Å². The zero-order valence-corrected chi connectivity index (χ0v) is 25.2. The number of amides is 1. The van der Waals surface area contributed by atoms with E-state index in [9.17, 15) is 14.0 Å². The van der Waals surface area contributed by atoms with Crippen molar-refractivity contribution in [2.45, 2.75) is 6.54 Å². The molecule has 3 aromatic heterocycles. The van der Waals surface area contributed by atoms with E-state index in [1.54, 1.807) is 42.5 Å². The number of pyridine rings is 1. The summed E-state index contributed by atoms with van der Waals surface area (Å²) in [6.45, 7) is 2.61. The third-order valence-electron chi connectivity index (χ3n) is 8.08. The van der Waals surface area contributed by atoms with Crippen LogP contribution in [0.1, 0.15) is 16.1 Å². The molecule has 2 N–H and O–H groups in total. The van der Waals surface area contributed by atoms with Crippen molar-refractivity contribution in [2.24, 2.45) is 7.05 Å². The molecule has 13 heteroatoms. The fourth-order valence-electron chi connectivity index (χ4n) is 5.68. The van der Waals surface area contributed by atoms with Crippen LogP contribution in [0.4, 0.5) is 14.5 Å². The number of nitrogens with one attached hydrogen (secondary N) is 2. The zero-order chi connectivity index (χ0) is 32.5. The Kier molecular flexibility index (Phi) is 8.06. The van der Waals surface area contributed by atoms with Crippen LogP contribution in [0.2, 0.25) is 0 Å². The van der Waals surface area contributed by atoms with Gasteiger partial charge >= 0.3 is 0 Å². The van der Waals surface area contributed by atoms with Gasteiger partial charge < -0.3 is 14.8 Å². The number of carbonyl (C=O) groups excluding carboxylic acids is 1. The van der Waals surface area contributed by atoms with Crippen LogP contribution in [0.3, 0.4) is 0 Å². The molecule has 0 spiro atoms. The number of fused-ring (bicyclic) bond motifs is 1. The van der Waals surface area contributed by atoms with Gasteiger partial charge in [0.1, 0.15) is 17.1 Å². The van der Waals surface area contributed by atoms with Gasteiger partial charge in [-0.05, 0) is 54.6 Å². The molecule has 1 aliphatic rings. The van der Waals surface area contributed by atoms with Crippen LogP contribution in [0.5, 0.6) is 11.5 Å². The van der Waals surface area contributed by atoms with Gasteiger partial charge in [0.2, 0.25) is 0 Å². The summed E-state index contributed by atoms with van der Waals surface area (Å²) in [6.07, 6.45) is 4.98. The lowest BCUT2D eigenvalue weighted by atomic mass is 10.0. The highest BCUT2D eigenvalue weighted by Gasteiger charge is 2.27. The monoisotopic (exact) mass is 637 g/mol. The third kappa shape index (κ3) is 6.01. The summed E-state index contributed by atoms with van der Waals surface area (Å²) in [5.74, 6) is -1.56. The first-order chi connectivity index (χ1) is 22.9. The highest BCUT2D eigenvalue weighted by Crippen LogP contribution is 2.37. The maximum absolute atomic E-state index is 15.5. The molecule has 0 atom stereocenters. The average molecular weight is 638 g/mol. The number of nitrogens with zero attached hydrogens (tertiary/aromatic N) is 5. The summed E-state index contributed by atoms with van der Waals surface area (Å²) < 4.78 is 43.6. The van der Waals surface area contributed by atoms with E-state index in [2.05, 4.69) is 25.4 Å². The number of aromatic nitrogens is 5. The third-order valence-corrected chi connectivity index (χ3v) is 8.08. The maximum atomic E-state index is 15.5. The molecule has 0 aliphatic carbocycles. The van der Waals surface area contributed by atoms with Gasteiger partial charge in [0, 0.05) is 67.3 Å². The first-order valence-electron chi connectivity index (χ1n) is 14.9. The Labute approximate surface area is 267 Å². The van der Waals surface area contributed by atoms with Crippen molar-refractivity contribution < 1.29 is 23.0 Å². The number of carbonyl (C=O) groups is 1. The molecule has 1 fully saturated rings. The van der Waals surface area contributed by atoms with Gasteiger partial charge in [-0.3, -0.25) is 29.3 Å². The van der Waals surface area contributed by atoms with Crippen molar-refractivity contribution in [1.82, 2.24) is 29.4 Å². The van der Waals surface area contributed by atoms with Crippen molar-refractivity contribution in [3.05, 3.63) is 119 Å². The number of halogens is 2. The predicted molar refractivity (Wildman–Crippen MR) is 171 cm³/mol. The minimum atomic E-state index is -0.724. The van der Waals surface area contributed by atoms with Crippen molar-refractivity contribution >= 4 is 22.5 Å². The molecule has 1 saturated heterocycles. The van der Waals surface area contributed by atoms with E-state index < -0.39 is 23.1 Å². The molecule has 0 unspecified atom stereocenters. The molecular weight excluding hydrogens is 608 g/mol. The van der Waals surface area contributed by atoms with E-state index in [4.69, 9.17) is 9.47 Å². The topological polar surface area (TPSA) is 119 Å². The Balaban J connectivity index is 1.19. The number of hydrogen-bond acceptors (Lipinski definition) is 7. The fourth-order valence-corrected chi connectivity index (χ4v) is 5.68. The first-order valence-corrected chi connectivity index (χ1v) is 14.9. The Bertz CT molecular complexity index is 2140. The maximum Gasteiger partial charge on any atom is 0.284 e. The van der Waals surface area contributed by atoms with Crippen LogP contribution in [-0.4, -0.2) is 61.7 Å². The summed E-state index contributed by atoms with van der Waals surface area (Å²) in [6, 6.07) is 16.7. The number of morpholine rings is 1. The van der Waals surface area contributed by atoms with Crippen molar-refractivity contribution in [3.8, 4) is 28.3 Å². The SMILES string of the molecule is Cn1c(CN2CCOCC2)c(C(=O)Nc2ccc(Oc3cc4cn[nH]c4cc3-c3cccnc3)c(F)c2)c(=O)n1-c1ccc(F)cc1. The lowest BCUT2D eigenvalue weighted by molar-refractivity contribution is 0.0330. The molecule has 47 heavy (non-hydrogen) atoms. The molecule has 1 aliphatic heterocycles. The van der Waals surface area contributed by atoms with Crippen molar-refractivity contribution in [3.63, 3.8) is 0 Å². The Morgan fingerprint density at radius 3 is 2.57 bits per heavy atom. The Morgan fingerprint density at radius 1 is 1.02 bits per heavy atom. The molecule has 6 aromatic rings. The van der Waals surface area contributed by atoms with E-state index in [-0.39, 0.29) is 17.0 Å². The van der Waals surface area contributed by atoms with Crippen LogP contribution >= 0.6 is 0 Å². The van der Waals surface area contributed by atoms with E-state index in [1.807, 2.05) is 12.1 Å². The second-order valence-electron chi connectivity index (χ2n) is 11.1. The summed E-state index contributed by atoms with van der Waals surface area (Å²) in [4.78, 5) is 33.7. The fraction of sp³-hybridized carbons (Fsp3) is 0.176. The summed E-state index contributed by atoms with van der Waals surface area (Å²) >= 11 is 0. The average Bonchev–Trinajstić information content (AvgIpc) is 3.64. The number of anilines is 1. The first kappa shape index (κ1) is 30.0. The van der Waals surface area contributed by atoms with Crippen molar-refractivity contribution in [1.29, 1.82) is 0 Å². The summed E-state index contributed by atoms with van der Waals surface area (Å²) in [5, 5.41) is 10.5. The van der Waals surface area contributed by atoms with Crippen LogP contribution < -0.4 is 15.6 Å². The molecule has 11 nitrogen and oxygen atoms in total. The van der Waals surface area contributed by atoms with Crippen LogP contribution in [0.15, 0.2) is 90.1 Å². The summed E-state index contributed by atoms with van der Waals surface area (Å²) in [7, 11) is 1.67. The standard InChI is InChI=1S/C34H29F2N7O4/c1-41-29(20-42-11-13-46-14-12-42)32(34(45)43(41)25-7-4-23(35)5-8-25)33(44)39-24-6-9-30(27(36)16-24)47-31-15-22-19-38-40-28(22)17-26(31)21-3-2-10-37-18-21/h2-10,15-19H,11-14,20H2,1H3,(H,38,40)(H,39,44).